The molecule has 2 aliphatic rings. The third-order valence-corrected chi connectivity index (χ3v) is 8.51. The molecule has 2 fully saturated rings. The normalized spacial score (nSPS) is 17.2. The number of carbonyl (C=O) groups is 1. The summed E-state index contributed by atoms with van der Waals surface area (Å²) in [6, 6.07) is 9.34. The first kappa shape index (κ1) is 25.6. The number of amides is 1. The van der Waals surface area contributed by atoms with Gasteiger partial charge in [-0.2, -0.15) is 4.98 Å². The summed E-state index contributed by atoms with van der Waals surface area (Å²) < 4.78 is 21.2. The Bertz CT molecular complexity index is 1800. The minimum absolute atomic E-state index is 0.0856. The quantitative estimate of drug-likeness (QED) is 0.279. The zero-order valence-corrected chi connectivity index (χ0v) is 23.2. The van der Waals surface area contributed by atoms with Crippen molar-refractivity contribution < 1.29 is 13.7 Å². The highest BCUT2D eigenvalue weighted by Crippen LogP contribution is 2.46. The van der Waals surface area contributed by atoms with E-state index in [-0.39, 0.29) is 11.3 Å². The lowest BCUT2D eigenvalue weighted by atomic mass is 9.96. The smallest absolute Gasteiger partial charge is 0.315 e. The van der Waals surface area contributed by atoms with E-state index in [1.54, 1.807) is 19.9 Å². The molecule has 1 unspecified atom stereocenters. The van der Waals surface area contributed by atoms with Crippen LogP contribution in [0, 0.1) is 12.7 Å². The summed E-state index contributed by atoms with van der Waals surface area (Å²) in [4.78, 5) is 31.8. The molecule has 2 aromatic carbocycles. The number of hydrogen-bond acceptors (Lipinski definition) is 8. The zero-order chi connectivity index (χ0) is 28.3. The first-order valence-corrected chi connectivity index (χ1v) is 14.0. The van der Waals surface area contributed by atoms with Crippen molar-refractivity contribution in [1.29, 1.82) is 0 Å². The first-order valence-electron chi connectivity index (χ1n) is 14.0. The fourth-order valence-corrected chi connectivity index (χ4v) is 5.70. The molecule has 0 radical (unpaired) electrons. The fourth-order valence-electron chi connectivity index (χ4n) is 5.70. The summed E-state index contributed by atoms with van der Waals surface area (Å²) in [6.45, 7) is 9.36. The molecule has 1 saturated heterocycles. The molecule has 1 saturated carbocycles. The molecule has 4 heterocycles. The molecule has 0 bridgehead atoms. The van der Waals surface area contributed by atoms with Crippen LogP contribution in [0.5, 0.6) is 0 Å². The van der Waals surface area contributed by atoms with Gasteiger partial charge >= 0.3 is 11.8 Å². The predicted octanol–water partition coefficient (Wildman–Crippen LogP) is 4.56. The number of halogens is 1. The zero-order valence-electron chi connectivity index (χ0n) is 23.2. The van der Waals surface area contributed by atoms with Gasteiger partial charge in [0, 0.05) is 53.7 Å². The lowest BCUT2D eigenvalue weighted by molar-refractivity contribution is 0.0895. The van der Waals surface area contributed by atoms with E-state index in [1.165, 1.54) is 6.33 Å². The number of rotatable bonds is 6. The molecule has 5 aromatic rings. The molecule has 1 atom stereocenters. The number of H-pyrrole nitrogens is 1. The number of anilines is 1. The number of nitrogens with zero attached hydrogens (tertiary/aromatic N) is 5. The van der Waals surface area contributed by atoms with Crippen molar-refractivity contribution in [2.24, 2.45) is 0 Å². The van der Waals surface area contributed by atoms with Crippen molar-refractivity contribution in [3.05, 3.63) is 65.3 Å². The monoisotopic (exact) mass is 554 g/mol. The number of nitrogens with one attached hydrogen (secondary N) is 3. The molecule has 3 aromatic heterocycles. The minimum atomic E-state index is -0.486. The number of aromatic nitrogens is 5. The molecule has 1 aliphatic heterocycles. The SMILES string of the molecule is Cc1c(C(C)NC(=O)c2nc(C3(C)CC3)no2)ccc(-c2ncnc3[nH]c4cc(N5CCNCC5)ccc4c23)c1F. The molecule has 0 spiro atoms. The third-order valence-electron chi connectivity index (χ3n) is 8.51. The van der Waals surface area contributed by atoms with E-state index in [0.29, 0.717) is 33.9 Å². The average Bonchev–Trinajstić information content (AvgIpc) is 3.38. The summed E-state index contributed by atoms with van der Waals surface area (Å²) in [5.74, 6) is -0.411. The lowest BCUT2D eigenvalue weighted by Crippen LogP contribution is -2.43. The van der Waals surface area contributed by atoms with E-state index in [4.69, 9.17) is 4.52 Å². The molecule has 41 heavy (non-hydrogen) atoms. The van der Waals surface area contributed by atoms with E-state index in [2.05, 4.69) is 58.8 Å². The van der Waals surface area contributed by atoms with Gasteiger partial charge in [-0.05, 0) is 56.0 Å². The van der Waals surface area contributed by atoms with Crippen LogP contribution in [-0.2, 0) is 5.41 Å². The summed E-state index contributed by atoms with van der Waals surface area (Å²) in [7, 11) is 0. The standard InChI is InChI=1S/C30H31FN8O2/c1-16-19(17(2)35-27(40)28-37-29(38-41-28)30(3)8-9-30)6-7-21(24(16)31)25-23-20-5-4-18(39-12-10-32-11-13-39)14-22(20)36-26(23)34-15-33-25/h4-7,14-15,17,32H,8-13H2,1-3H3,(H,35,40)(H,33,34,36). The van der Waals surface area contributed by atoms with Gasteiger partial charge in [0.2, 0.25) is 0 Å². The van der Waals surface area contributed by atoms with E-state index >= 15 is 4.39 Å². The summed E-state index contributed by atoms with van der Waals surface area (Å²) in [5, 5.41) is 11.9. The molecular formula is C30H31FN8O2. The van der Waals surface area contributed by atoms with Crippen molar-refractivity contribution >= 4 is 33.5 Å². The topological polar surface area (TPSA) is 125 Å². The third kappa shape index (κ3) is 4.40. The molecule has 11 heteroatoms. The fraction of sp³-hybridized carbons (Fsp3) is 0.367. The largest absolute Gasteiger partial charge is 0.369 e. The molecule has 7 rings (SSSR count). The maximum absolute atomic E-state index is 16.0. The van der Waals surface area contributed by atoms with Gasteiger partial charge in [0.1, 0.15) is 17.8 Å². The molecule has 1 aliphatic carbocycles. The number of hydrogen-bond donors (Lipinski definition) is 3. The van der Waals surface area contributed by atoms with E-state index in [9.17, 15) is 4.79 Å². The second kappa shape index (κ2) is 9.62. The van der Waals surface area contributed by atoms with Gasteiger partial charge in [0.25, 0.3) is 0 Å². The number of carbonyl (C=O) groups excluding carboxylic acids is 1. The van der Waals surface area contributed by atoms with Crippen LogP contribution in [0.2, 0.25) is 0 Å². The molecular weight excluding hydrogens is 523 g/mol. The second-order valence-electron chi connectivity index (χ2n) is 11.4. The Morgan fingerprint density at radius 3 is 2.76 bits per heavy atom. The highest BCUT2D eigenvalue weighted by atomic mass is 19.1. The lowest BCUT2D eigenvalue weighted by Gasteiger charge is -2.29. The van der Waals surface area contributed by atoms with Gasteiger partial charge in [-0.3, -0.25) is 4.79 Å². The van der Waals surface area contributed by atoms with Crippen molar-refractivity contribution in [3.8, 4) is 11.3 Å². The number of fused-ring (bicyclic) bond motifs is 3. The van der Waals surface area contributed by atoms with Gasteiger partial charge in [-0.25, -0.2) is 14.4 Å². The van der Waals surface area contributed by atoms with Gasteiger partial charge in [-0.15, -0.1) is 0 Å². The number of piperazine rings is 1. The van der Waals surface area contributed by atoms with Gasteiger partial charge in [0.15, 0.2) is 5.82 Å². The highest BCUT2D eigenvalue weighted by Gasteiger charge is 2.44. The van der Waals surface area contributed by atoms with E-state index in [0.717, 1.165) is 61.0 Å². The van der Waals surface area contributed by atoms with Crippen molar-refractivity contribution in [2.45, 2.75) is 45.1 Å². The van der Waals surface area contributed by atoms with E-state index < -0.39 is 17.8 Å². The Morgan fingerprint density at radius 1 is 1.17 bits per heavy atom. The Labute approximate surface area is 235 Å². The Kier molecular flexibility index (Phi) is 6.00. The number of benzene rings is 2. The van der Waals surface area contributed by atoms with Crippen LogP contribution in [0.25, 0.3) is 33.2 Å². The summed E-state index contributed by atoms with van der Waals surface area (Å²) in [6.07, 6.45) is 3.41. The van der Waals surface area contributed by atoms with E-state index in [1.807, 2.05) is 13.0 Å². The molecule has 210 valence electrons. The minimum Gasteiger partial charge on any atom is -0.369 e. The maximum atomic E-state index is 16.0. The maximum Gasteiger partial charge on any atom is 0.315 e. The molecule has 10 nitrogen and oxygen atoms in total. The van der Waals surface area contributed by atoms with Crippen molar-refractivity contribution in [2.75, 3.05) is 31.1 Å². The first-order chi connectivity index (χ1) is 19.8. The van der Waals surface area contributed by atoms with Crippen LogP contribution >= 0.6 is 0 Å². The predicted molar refractivity (Wildman–Crippen MR) is 153 cm³/mol. The summed E-state index contributed by atoms with van der Waals surface area (Å²) >= 11 is 0. The van der Waals surface area contributed by atoms with Gasteiger partial charge in [0.05, 0.1) is 17.1 Å². The number of aromatic amines is 1. The van der Waals surface area contributed by atoms with Crippen LogP contribution in [0.3, 0.4) is 0 Å². The molecule has 3 N–H and O–H groups in total. The summed E-state index contributed by atoms with van der Waals surface area (Å²) in [5.41, 5.74) is 4.61. The second-order valence-corrected chi connectivity index (χ2v) is 11.4. The van der Waals surface area contributed by atoms with Crippen LogP contribution < -0.4 is 15.5 Å². The van der Waals surface area contributed by atoms with Crippen LogP contribution in [0.15, 0.2) is 41.2 Å². The Balaban J connectivity index is 1.19. The van der Waals surface area contributed by atoms with Crippen molar-refractivity contribution in [3.63, 3.8) is 0 Å². The van der Waals surface area contributed by atoms with Gasteiger partial charge < -0.3 is 25.0 Å². The van der Waals surface area contributed by atoms with Crippen LogP contribution in [0.1, 0.15) is 60.4 Å². The Morgan fingerprint density at radius 2 is 1.98 bits per heavy atom. The average molecular weight is 555 g/mol. The van der Waals surface area contributed by atoms with Crippen molar-refractivity contribution in [1.82, 2.24) is 35.7 Å². The Hall–Kier alpha value is -4.38. The highest BCUT2D eigenvalue weighted by molar-refractivity contribution is 6.12. The van der Waals surface area contributed by atoms with Crippen LogP contribution in [0.4, 0.5) is 10.1 Å². The van der Waals surface area contributed by atoms with Crippen LogP contribution in [-0.4, -0.2) is 57.2 Å². The molecule has 1 amide bonds. The van der Waals surface area contributed by atoms with Gasteiger partial charge in [-0.1, -0.05) is 24.2 Å².